The summed E-state index contributed by atoms with van der Waals surface area (Å²) < 4.78 is 0. The van der Waals surface area contributed by atoms with E-state index in [4.69, 9.17) is 30.6 Å². The molecule has 0 heterocycles. The van der Waals surface area contributed by atoms with Gasteiger partial charge in [0.2, 0.25) is 0 Å². The van der Waals surface area contributed by atoms with Gasteiger partial charge in [0, 0.05) is 0 Å². The van der Waals surface area contributed by atoms with Crippen molar-refractivity contribution in [1.29, 1.82) is 0 Å². The second kappa shape index (κ2) is 15.8. The number of hydrogen-bond donors (Lipinski definition) is 0. The van der Waals surface area contributed by atoms with Crippen LogP contribution in [0.2, 0.25) is 0 Å². The van der Waals surface area contributed by atoms with Gasteiger partial charge in [-0.1, -0.05) is 0 Å². The maximum atomic E-state index is 8.25. The predicted molar refractivity (Wildman–Crippen MR) is 20.7 cm³/mol. The van der Waals surface area contributed by atoms with E-state index in [0.29, 0.717) is 0 Å². The monoisotopic (exact) mass is 190 g/mol. The molecule has 0 N–H and O–H groups in total. The van der Waals surface area contributed by atoms with Gasteiger partial charge in [0.15, 0.2) is 0 Å². The molecular formula is CoLiN2O6+. The maximum absolute atomic E-state index is 8.25. The van der Waals surface area contributed by atoms with E-state index >= 15 is 0 Å². The van der Waals surface area contributed by atoms with Crippen molar-refractivity contribution in [2.45, 2.75) is 0 Å². The standard InChI is InChI=1S/Co.Li.2NO3/c;;2*2-1(3)4/q+2;+1;2*-1. The Labute approximate surface area is 76.8 Å². The normalized spacial score (nSPS) is 4.80. The molecule has 0 aliphatic rings. The van der Waals surface area contributed by atoms with Crippen molar-refractivity contribution in [3.8, 4) is 0 Å². The van der Waals surface area contributed by atoms with Gasteiger partial charge in [0.25, 0.3) is 0 Å². The third-order valence-corrected chi connectivity index (χ3v) is 0. The summed E-state index contributed by atoms with van der Waals surface area (Å²) in [7, 11) is 0. The fourth-order valence-electron chi connectivity index (χ4n) is 0. The minimum Gasteiger partial charge on any atom is -0.356 e. The Balaban J connectivity index is -0.0000000300. The minimum absolute atomic E-state index is 0. The molecule has 0 fully saturated rings. The Morgan fingerprint density at radius 1 is 0.800 bits per heavy atom. The van der Waals surface area contributed by atoms with E-state index in [1.165, 1.54) is 0 Å². The van der Waals surface area contributed by atoms with Crippen LogP contribution in [0.4, 0.5) is 0 Å². The SMILES string of the molecule is O=[N+]([O-])[O-].O=[N+]([O-])[O-].[Co+2].[Li+]. The van der Waals surface area contributed by atoms with Gasteiger partial charge in [-0.25, -0.2) is 0 Å². The molecule has 0 saturated heterocycles. The molecule has 10 heteroatoms. The minimum atomic E-state index is -1.75. The smallest absolute Gasteiger partial charge is 0.356 e. The molecule has 0 aromatic heterocycles. The van der Waals surface area contributed by atoms with Crippen LogP contribution in [0.3, 0.4) is 0 Å². The van der Waals surface area contributed by atoms with E-state index in [1.807, 2.05) is 0 Å². The fourth-order valence-corrected chi connectivity index (χ4v) is 0. The van der Waals surface area contributed by atoms with Crippen LogP contribution in [0, 0.1) is 30.6 Å². The Morgan fingerprint density at radius 3 is 0.800 bits per heavy atom. The Hall–Kier alpha value is -0.496. The van der Waals surface area contributed by atoms with Crippen LogP contribution in [0.1, 0.15) is 0 Å². The summed E-state index contributed by atoms with van der Waals surface area (Å²) in [5.41, 5.74) is 0. The van der Waals surface area contributed by atoms with Crippen LogP contribution in [-0.4, -0.2) is 10.2 Å². The maximum Gasteiger partial charge on any atom is 2.00 e. The molecule has 10 heavy (non-hydrogen) atoms. The van der Waals surface area contributed by atoms with E-state index in [9.17, 15) is 0 Å². The zero-order valence-corrected chi connectivity index (χ0v) is 5.72. The van der Waals surface area contributed by atoms with Crippen molar-refractivity contribution in [3.63, 3.8) is 0 Å². The molecule has 0 spiro atoms. The molecular weight excluding hydrogens is 190 g/mol. The zero-order valence-electron chi connectivity index (χ0n) is 4.68. The molecule has 0 atom stereocenters. The summed E-state index contributed by atoms with van der Waals surface area (Å²) >= 11 is 0. The van der Waals surface area contributed by atoms with E-state index in [1.54, 1.807) is 0 Å². The average Bonchev–Trinajstić information content (AvgIpc) is 1.25. The summed E-state index contributed by atoms with van der Waals surface area (Å²) in [6, 6.07) is 0. The van der Waals surface area contributed by atoms with Gasteiger partial charge in [-0.15, -0.1) is 0 Å². The van der Waals surface area contributed by atoms with Gasteiger partial charge in [-0.3, -0.25) is 0 Å². The third-order valence-electron chi connectivity index (χ3n) is 0. The van der Waals surface area contributed by atoms with Crippen LogP contribution in [0.25, 0.3) is 0 Å². The molecule has 0 aliphatic carbocycles. The van der Waals surface area contributed by atoms with Gasteiger partial charge in [0.05, 0.1) is 10.2 Å². The van der Waals surface area contributed by atoms with Crippen molar-refractivity contribution < 1.29 is 45.8 Å². The molecule has 0 aromatic rings. The first-order valence-corrected chi connectivity index (χ1v) is 1.10. The largest absolute Gasteiger partial charge is 2.00 e. The quantitative estimate of drug-likeness (QED) is 0.221. The van der Waals surface area contributed by atoms with Crippen LogP contribution in [-0.2, 0) is 16.8 Å². The summed E-state index contributed by atoms with van der Waals surface area (Å²) in [5, 5.41) is 29.5. The number of hydrogen-bond acceptors (Lipinski definition) is 6. The van der Waals surface area contributed by atoms with Crippen molar-refractivity contribution in [2.24, 2.45) is 0 Å². The second-order valence-electron chi connectivity index (χ2n) is 0.447. The van der Waals surface area contributed by atoms with Gasteiger partial charge in [-0.2, -0.15) is 0 Å². The number of nitrogens with zero attached hydrogens (tertiary/aromatic N) is 2. The third kappa shape index (κ3) is 1290. The molecule has 0 aliphatic heterocycles. The summed E-state index contributed by atoms with van der Waals surface area (Å²) in [6.07, 6.45) is 0. The van der Waals surface area contributed by atoms with E-state index in [-0.39, 0.29) is 35.6 Å². The average molecular weight is 190 g/mol. The molecule has 0 unspecified atom stereocenters. The molecule has 8 nitrogen and oxygen atoms in total. The van der Waals surface area contributed by atoms with E-state index < -0.39 is 10.2 Å². The van der Waals surface area contributed by atoms with Crippen LogP contribution < -0.4 is 18.9 Å². The first kappa shape index (κ1) is 22.7. The molecule has 1 radical (unpaired) electrons. The molecule has 0 aromatic carbocycles. The van der Waals surface area contributed by atoms with Gasteiger partial charge in [0.1, 0.15) is 0 Å². The van der Waals surface area contributed by atoms with Crippen LogP contribution in [0.5, 0.6) is 0 Å². The Bertz CT molecular complexity index is 73.7. The molecule has 55 valence electrons. The summed E-state index contributed by atoms with van der Waals surface area (Å²) in [4.78, 5) is 16.5. The van der Waals surface area contributed by atoms with Crippen molar-refractivity contribution in [2.75, 3.05) is 0 Å². The zero-order chi connectivity index (χ0) is 7.15. The second-order valence-corrected chi connectivity index (χ2v) is 0.447. The number of rotatable bonds is 0. The van der Waals surface area contributed by atoms with Gasteiger partial charge in [-0.05, 0) is 0 Å². The van der Waals surface area contributed by atoms with Crippen LogP contribution >= 0.6 is 0 Å². The molecule has 0 saturated carbocycles. The predicted octanol–water partition coefficient (Wildman–Crippen LogP) is -3.48. The first-order valence-electron chi connectivity index (χ1n) is 1.10. The topological polar surface area (TPSA) is 132 Å². The summed E-state index contributed by atoms with van der Waals surface area (Å²) in [6.45, 7) is 0. The van der Waals surface area contributed by atoms with Crippen molar-refractivity contribution in [1.82, 2.24) is 0 Å². The molecule has 0 amide bonds. The first-order chi connectivity index (χ1) is 3.46. The van der Waals surface area contributed by atoms with E-state index in [2.05, 4.69) is 0 Å². The molecule has 0 bridgehead atoms. The van der Waals surface area contributed by atoms with E-state index in [0.717, 1.165) is 0 Å². The van der Waals surface area contributed by atoms with Gasteiger partial charge >= 0.3 is 35.6 Å². The fraction of sp³-hybridized carbons (Fsp3) is 0. The molecule has 0 rings (SSSR count). The Morgan fingerprint density at radius 2 is 0.800 bits per heavy atom. The van der Waals surface area contributed by atoms with Gasteiger partial charge < -0.3 is 30.6 Å². The Kier molecular flexibility index (Phi) is 35.9. The van der Waals surface area contributed by atoms with Crippen LogP contribution in [0.15, 0.2) is 0 Å². The summed E-state index contributed by atoms with van der Waals surface area (Å²) in [5.74, 6) is 0. The van der Waals surface area contributed by atoms with Crippen molar-refractivity contribution in [3.05, 3.63) is 30.6 Å². The van der Waals surface area contributed by atoms with Crippen molar-refractivity contribution >= 4 is 0 Å².